The van der Waals surface area contributed by atoms with Crippen molar-refractivity contribution in [1.82, 2.24) is 9.55 Å². The minimum Gasteiger partial charge on any atom is -0.383 e. The topological polar surface area (TPSA) is 110 Å². The number of amides is 1. The molecule has 0 aliphatic carbocycles. The number of nitrogens with two attached hydrogens (primary N) is 1. The maximum absolute atomic E-state index is 13.2. The summed E-state index contributed by atoms with van der Waals surface area (Å²) in [7, 11) is 1.58. The highest BCUT2D eigenvalue weighted by Gasteiger charge is 2.24. The van der Waals surface area contributed by atoms with Crippen molar-refractivity contribution in [2.75, 3.05) is 24.3 Å². The van der Waals surface area contributed by atoms with Gasteiger partial charge in [0.2, 0.25) is 0 Å². The fraction of sp³-hybridized carbons (Fsp3) is 0.450. The molecule has 8 heteroatoms. The molecule has 1 heterocycles. The van der Waals surface area contributed by atoms with E-state index in [9.17, 15) is 14.4 Å². The predicted molar refractivity (Wildman–Crippen MR) is 110 cm³/mol. The maximum atomic E-state index is 13.2. The molecule has 0 atom stereocenters. The summed E-state index contributed by atoms with van der Waals surface area (Å²) < 4.78 is 6.44. The molecular formula is C20H28N4O4. The van der Waals surface area contributed by atoms with Crippen LogP contribution in [0.3, 0.4) is 0 Å². The van der Waals surface area contributed by atoms with Gasteiger partial charge in [-0.3, -0.25) is 19.1 Å². The summed E-state index contributed by atoms with van der Waals surface area (Å²) in [5, 5.41) is 0. The first-order valence-electron chi connectivity index (χ1n) is 9.46. The highest BCUT2D eigenvalue weighted by atomic mass is 16.5. The number of H-pyrrole nitrogens is 1. The Morgan fingerprint density at radius 2 is 2.00 bits per heavy atom. The van der Waals surface area contributed by atoms with Gasteiger partial charge < -0.3 is 15.4 Å². The Bertz CT molecular complexity index is 933. The Labute approximate surface area is 163 Å². The number of hydrogen-bond acceptors (Lipinski definition) is 5. The van der Waals surface area contributed by atoms with Gasteiger partial charge in [-0.2, -0.15) is 0 Å². The standard InChI is InChI=1S/C20H28N4O4/c1-4-6-11-24-17(21)16(18(25)22-20(24)27)23(10-5-2)19(26)15-9-7-8-14(12-15)13-28-3/h7-9,12H,4-6,10-11,13,21H2,1-3H3,(H,22,25,27). The third-order valence-electron chi connectivity index (χ3n) is 4.40. The fourth-order valence-electron chi connectivity index (χ4n) is 3.03. The molecule has 152 valence electrons. The van der Waals surface area contributed by atoms with Crippen LogP contribution in [-0.2, 0) is 17.9 Å². The zero-order valence-corrected chi connectivity index (χ0v) is 16.7. The van der Waals surface area contributed by atoms with Crippen LogP contribution in [0.4, 0.5) is 11.5 Å². The number of unbranched alkanes of at least 4 members (excludes halogenated alkanes) is 1. The summed E-state index contributed by atoms with van der Waals surface area (Å²) in [6, 6.07) is 7.03. The first kappa shape index (κ1) is 21.4. The van der Waals surface area contributed by atoms with E-state index in [4.69, 9.17) is 10.5 Å². The van der Waals surface area contributed by atoms with E-state index in [0.717, 1.165) is 18.4 Å². The summed E-state index contributed by atoms with van der Waals surface area (Å²) in [5.74, 6) is -0.338. The van der Waals surface area contributed by atoms with Gasteiger partial charge in [-0.1, -0.05) is 32.4 Å². The van der Waals surface area contributed by atoms with Gasteiger partial charge in [0.25, 0.3) is 11.5 Å². The van der Waals surface area contributed by atoms with Crippen LogP contribution < -0.4 is 21.9 Å². The second-order valence-electron chi connectivity index (χ2n) is 6.59. The van der Waals surface area contributed by atoms with Gasteiger partial charge >= 0.3 is 5.69 Å². The lowest BCUT2D eigenvalue weighted by Gasteiger charge is -2.24. The summed E-state index contributed by atoms with van der Waals surface area (Å²) in [6.45, 7) is 4.95. The average Bonchev–Trinajstić information content (AvgIpc) is 2.67. The van der Waals surface area contributed by atoms with Gasteiger partial charge in [-0.25, -0.2) is 4.79 Å². The van der Waals surface area contributed by atoms with Crippen molar-refractivity contribution in [3.05, 3.63) is 56.2 Å². The quantitative estimate of drug-likeness (QED) is 0.684. The smallest absolute Gasteiger partial charge is 0.330 e. The molecule has 1 aromatic carbocycles. The number of benzene rings is 1. The second-order valence-corrected chi connectivity index (χ2v) is 6.59. The zero-order chi connectivity index (χ0) is 20.7. The minimum atomic E-state index is -0.662. The molecule has 0 aliphatic rings. The number of hydrogen-bond donors (Lipinski definition) is 2. The molecule has 2 aromatic rings. The molecule has 8 nitrogen and oxygen atoms in total. The van der Waals surface area contributed by atoms with Crippen LogP contribution in [0.25, 0.3) is 0 Å². The van der Waals surface area contributed by atoms with Crippen molar-refractivity contribution in [1.29, 1.82) is 0 Å². The van der Waals surface area contributed by atoms with Crippen LogP contribution in [-0.4, -0.2) is 29.1 Å². The number of nitrogen functional groups attached to an aromatic ring is 1. The molecule has 0 aliphatic heterocycles. The van der Waals surface area contributed by atoms with E-state index in [-0.39, 0.29) is 17.4 Å². The first-order valence-corrected chi connectivity index (χ1v) is 9.46. The summed E-state index contributed by atoms with van der Waals surface area (Å²) in [5.41, 5.74) is 6.24. The van der Waals surface area contributed by atoms with E-state index in [0.29, 0.717) is 31.7 Å². The average molecular weight is 388 g/mol. The van der Waals surface area contributed by atoms with Gasteiger partial charge in [0.05, 0.1) is 6.61 Å². The lowest BCUT2D eigenvalue weighted by atomic mass is 10.1. The molecule has 2 rings (SSSR count). The molecule has 0 fully saturated rings. The van der Waals surface area contributed by atoms with E-state index in [2.05, 4.69) is 4.98 Å². The molecule has 1 aromatic heterocycles. The predicted octanol–water partition coefficient (Wildman–Crippen LogP) is 2.12. The van der Waals surface area contributed by atoms with E-state index < -0.39 is 11.2 Å². The second kappa shape index (κ2) is 9.89. The van der Waals surface area contributed by atoms with E-state index in [1.165, 1.54) is 9.47 Å². The molecule has 28 heavy (non-hydrogen) atoms. The van der Waals surface area contributed by atoms with Crippen LogP contribution in [0.2, 0.25) is 0 Å². The monoisotopic (exact) mass is 388 g/mol. The largest absolute Gasteiger partial charge is 0.383 e. The Morgan fingerprint density at radius 3 is 2.64 bits per heavy atom. The number of nitrogens with zero attached hydrogens (tertiary/aromatic N) is 2. The van der Waals surface area contributed by atoms with E-state index in [1.807, 2.05) is 19.9 Å². The number of nitrogens with one attached hydrogen (secondary N) is 1. The highest BCUT2D eigenvalue weighted by Crippen LogP contribution is 2.21. The third-order valence-corrected chi connectivity index (χ3v) is 4.40. The maximum Gasteiger partial charge on any atom is 0.330 e. The van der Waals surface area contributed by atoms with E-state index >= 15 is 0 Å². The molecule has 0 radical (unpaired) electrons. The van der Waals surface area contributed by atoms with Crippen LogP contribution in [0.5, 0.6) is 0 Å². The lowest BCUT2D eigenvalue weighted by molar-refractivity contribution is 0.0986. The molecule has 0 unspecified atom stereocenters. The molecule has 0 saturated heterocycles. The minimum absolute atomic E-state index is 0.0112. The number of aromatic nitrogens is 2. The number of rotatable bonds is 9. The Kier molecular flexibility index (Phi) is 7.57. The van der Waals surface area contributed by atoms with Crippen molar-refractivity contribution in [3.8, 4) is 0 Å². The number of aromatic amines is 1. The van der Waals surface area contributed by atoms with Gasteiger partial charge in [-0.15, -0.1) is 0 Å². The van der Waals surface area contributed by atoms with Crippen molar-refractivity contribution in [3.63, 3.8) is 0 Å². The normalized spacial score (nSPS) is 10.8. The molecule has 0 bridgehead atoms. The molecule has 0 spiro atoms. The number of methoxy groups -OCH3 is 1. The Hall–Kier alpha value is -2.87. The van der Waals surface area contributed by atoms with Crippen molar-refractivity contribution in [2.24, 2.45) is 0 Å². The third kappa shape index (κ3) is 4.69. The molecule has 0 saturated carbocycles. The van der Waals surface area contributed by atoms with Gasteiger partial charge in [0.1, 0.15) is 5.82 Å². The molecular weight excluding hydrogens is 360 g/mol. The fourth-order valence-corrected chi connectivity index (χ4v) is 3.03. The van der Waals surface area contributed by atoms with Crippen LogP contribution >= 0.6 is 0 Å². The van der Waals surface area contributed by atoms with Crippen molar-refractivity contribution in [2.45, 2.75) is 46.3 Å². The number of carbonyl (C=O) groups is 1. The number of carbonyl (C=O) groups excluding carboxylic acids is 1. The highest BCUT2D eigenvalue weighted by molar-refractivity contribution is 6.07. The lowest BCUT2D eigenvalue weighted by Crippen LogP contribution is -2.41. The van der Waals surface area contributed by atoms with Crippen molar-refractivity contribution >= 4 is 17.4 Å². The SMILES string of the molecule is CCCCn1c(N)c(N(CCC)C(=O)c2cccc(COC)c2)c(=O)[nH]c1=O. The van der Waals surface area contributed by atoms with Crippen LogP contribution in [0.1, 0.15) is 49.0 Å². The van der Waals surface area contributed by atoms with Crippen molar-refractivity contribution < 1.29 is 9.53 Å². The zero-order valence-electron chi connectivity index (χ0n) is 16.7. The van der Waals surface area contributed by atoms with Gasteiger partial charge in [0, 0.05) is 25.8 Å². The summed E-state index contributed by atoms with van der Waals surface area (Å²) >= 11 is 0. The van der Waals surface area contributed by atoms with Crippen LogP contribution in [0, 0.1) is 0 Å². The van der Waals surface area contributed by atoms with Gasteiger partial charge in [-0.05, 0) is 30.5 Å². The summed E-state index contributed by atoms with van der Waals surface area (Å²) in [4.78, 5) is 41.5. The Balaban J connectivity index is 2.54. The van der Waals surface area contributed by atoms with Gasteiger partial charge in [0.15, 0.2) is 5.69 Å². The Morgan fingerprint density at radius 1 is 1.25 bits per heavy atom. The first-order chi connectivity index (χ1) is 13.4. The molecule has 1 amide bonds. The number of anilines is 2. The molecule has 3 N–H and O–H groups in total. The summed E-state index contributed by atoms with van der Waals surface area (Å²) in [6.07, 6.45) is 2.22. The van der Waals surface area contributed by atoms with Crippen LogP contribution in [0.15, 0.2) is 33.9 Å². The van der Waals surface area contributed by atoms with E-state index in [1.54, 1.807) is 25.3 Å². The number of ether oxygens (including phenoxy) is 1.